The van der Waals surface area contributed by atoms with Crippen molar-refractivity contribution < 1.29 is 24.0 Å². The Morgan fingerprint density at radius 2 is 2.00 bits per heavy atom. The van der Waals surface area contributed by atoms with E-state index in [1.54, 1.807) is 24.3 Å². The van der Waals surface area contributed by atoms with Gasteiger partial charge in [0.2, 0.25) is 11.5 Å². The number of amides is 2. The first-order valence-corrected chi connectivity index (χ1v) is 7.22. The van der Waals surface area contributed by atoms with Crippen LogP contribution in [0.15, 0.2) is 33.9 Å². The highest BCUT2D eigenvalue weighted by atomic mass is 79.9. The van der Waals surface area contributed by atoms with Gasteiger partial charge < -0.3 is 9.57 Å². The molecule has 0 radical (unpaired) electrons. The molecule has 1 aromatic rings. The normalized spacial score (nSPS) is 23.7. The molecule has 0 bridgehead atoms. The highest BCUT2D eigenvalue weighted by Gasteiger charge is 2.58. The lowest BCUT2D eigenvalue weighted by molar-refractivity contribution is -0.136. The maximum absolute atomic E-state index is 12.6. The third kappa shape index (κ3) is 2.19. The summed E-state index contributed by atoms with van der Waals surface area (Å²) in [6.45, 7) is 0. The molecule has 1 fully saturated rings. The van der Waals surface area contributed by atoms with Gasteiger partial charge in [-0.15, -0.1) is 0 Å². The molecule has 2 aliphatic heterocycles. The molecule has 0 N–H and O–H groups in total. The van der Waals surface area contributed by atoms with Gasteiger partial charge in [-0.05, 0) is 24.3 Å². The number of methoxy groups -OCH3 is 1. The SMILES string of the molecule is COC(=O)C1=NO[C@@]2(CC(=O)N(c3ccc(Br)cc3)C2=O)C1. The Hall–Kier alpha value is -2.22. The van der Waals surface area contributed by atoms with E-state index in [-0.39, 0.29) is 18.6 Å². The Morgan fingerprint density at radius 1 is 1.32 bits per heavy atom. The number of esters is 1. The van der Waals surface area contributed by atoms with E-state index in [1.165, 1.54) is 7.11 Å². The van der Waals surface area contributed by atoms with Gasteiger partial charge >= 0.3 is 5.97 Å². The van der Waals surface area contributed by atoms with Crippen molar-refractivity contribution >= 4 is 45.1 Å². The van der Waals surface area contributed by atoms with E-state index in [2.05, 4.69) is 25.8 Å². The molecule has 0 saturated carbocycles. The molecule has 3 rings (SSSR count). The van der Waals surface area contributed by atoms with Gasteiger partial charge in [0.25, 0.3) is 5.91 Å². The number of hydrogen-bond acceptors (Lipinski definition) is 6. The summed E-state index contributed by atoms with van der Waals surface area (Å²) in [7, 11) is 1.21. The topological polar surface area (TPSA) is 85.3 Å². The second-order valence-electron chi connectivity index (χ2n) is 4.98. The Balaban J connectivity index is 1.87. The minimum Gasteiger partial charge on any atom is -0.464 e. The number of imide groups is 1. The van der Waals surface area contributed by atoms with Crippen LogP contribution in [0, 0.1) is 0 Å². The number of benzene rings is 1. The number of hydrogen-bond donors (Lipinski definition) is 0. The summed E-state index contributed by atoms with van der Waals surface area (Å²) in [5.41, 5.74) is -0.986. The van der Waals surface area contributed by atoms with Crippen molar-refractivity contribution in [1.82, 2.24) is 0 Å². The summed E-state index contributed by atoms with van der Waals surface area (Å²) >= 11 is 3.29. The van der Waals surface area contributed by atoms with Crippen LogP contribution >= 0.6 is 15.9 Å². The lowest BCUT2D eigenvalue weighted by atomic mass is 9.95. The Bertz CT molecular complexity index is 700. The van der Waals surface area contributed by atoms with E-state index in [0.29, 0.717) is 5.69 Å². The van der Waals surface area contributed by atoms with E-state index in [4.69, 9.17) is 4.84 Å². The lowest BCUT2D eigenvalue weighted by Gasteiger charge is -2.19. The zero-order valence-electron chi connectivity index (χ0n) is 11.5. The van der Waals surface area contributed by atoms with Crippen LogP contribution in [-0.2, 0) is 24.0 Å². The van der Waals surface area contributed by atoms with Gasteiger partial charge in [-0.25, -0.2) is 9.69 Å². The second-order valence-corrected chi connectivity index (χ2v) is 5.90. The van der Waals surface area contributed by atoms with Crippen LogP contribution in [0.2, 0.25) is 0 Å². The number of carbonyl (C=O) groups is 3. The first-order valence-electron chi connectivity index (χ1n) is 6.43. The highest BCUT2D eigenvalue weighted by Crippen LogP contribution is 2.38. The maximum Gasteiger partial charge on any atom is 0.356 e. The van der Waals surface area contributed by atoms with E-state index in [0.717, 1.165) is 9.37 Å². The van der Waals surface area contributed by atoms with Crippen LogP contribution in [0.3, 0.4) is 0 Å². The fraction of sp³-hybridized carbons (Fsp3) is 0.286. The van der Waals surface area contributed by atoms with Crippen molar-refractivity contribution in [3.05, 3.63) is 28.7 Å². The van der Waals surface area contributed by atoms with Crippen molar-refractivity contribution in [2.75, 3.05) is 12.0 Å². The van der Waals surface area contributed by atoms with Gasteiger partial charge in [0.05, 0.1) is 25.6 Å². The number of carbonyl (C=O) groups excluding carboxylic acids is 3. The molecule has 2 heterocycles. The van der Waals surface area contributed by atoms with Crippen molar-refractivity contribution in [3.63, 3.8) is 0 Å². The molecule has 8 heteroatoms. The third-order valence-electron chi connectivity index (χ3n) is 3.57. The number of anilines is 1. The molecule has 0 aromatic heterocycles. The quantitative estimate of drug-likeness (QED) is 0.583. The standard InChI is InChI=1S/C14H11BrN2O5/c1-21-12(19)10-6-14(22-16-10)7-11(18)17(13(14)20)9-4-2-8(15)3-5-9/h2-5H,6-7H2,1H3/t14-/m1/s1. The molecule has 1 saturated heterocycles. The Labute approximate surface area is 134 Å². The number of nitrogens with zero attached hydrogens (tertiary/aromatic N) is 2. The molecule has 7 nitrogen and oxygen atoms in total. The number of halogens is 1. The molecule has 1 aromatic carbocycles. The highest BCUT2D eigenvalue weighted by molar-refractivity contribution is 9.10. The van der Waals surface area contributed by atoms with Crippen molar-refractivity contribution in [2.24, 2.45) is 5.16 Å². The summed E-state index contributed by atoms with van der Waals surface area (Å²) in [6, 6.07) is 6.76. The summed E-state index contributed by atoms with van der Waals surface area (Å²) in [4.78, 5) is 42.6. The smallest absolute Gasteiger partial charge is 0.356 e. The summed E-state index contributed by atoms with van der Waals surface area (Å²) < 4.78 is 5.39. The molecule has 1 spiro atoms. The van der Waals surface area contributed by atoms with Gasteiger partial charge in [-0.2, -0.15) is 0 Å². The average molecular weight is 367 g/mol. The van der Waals surface area contributed by atoms with Crippen molar-refractivity contribution in [3.8, 4) is 0 Å². The first-order chi connectivity index (χ1) is 10.5. The maximum atomic E-state index is 12.6. The van der Waals surface area contributed by atoms with Crippen LogP contribution in [0.4, 0.5) is 5.69 Å². The largest absolute Gasteiger partial charge is 0.464 e. The zero-order chi connectivity index (χ0) is 15.9. The minimum absolute atomic E-state index is 0.00121. The third-order valence-corrected chi connectivity index (χ3v) is 4.10. The average Bonchev–Trinajstić information content (AvgIpc) is 3.03. The molecular weight excluding hydrogens is 356 g/mol. The van der Waals surface area contributed by atoms with Gasteiger partial charge in [0.1, 0.15) is 0 Å². The summed E-state index contributed by atoms with van der Waals surface area (Å²) in [6.07, 6.45) is -0.233. The van der Waals surface area contributed by atoms with E-state index in [9.17, 15) is 14.4 Å². The second kappa shape index (κ2) is 5.20. The van der Waals surface area contributed by atoms with Crippen molar-refractivity contribution in [2.45, 2.75) is 18.4 Å². The molecule has 0 aliphatic carbocycles. The van der Waals surface area contributed by atoms with Gasteiger partial charge in [0.15, 0.2) is 5.71 Å². The number of rotatable bonds is 2. The van der Waals surface area contributed by atoms with Crippen LogP contribution in [0.25, 0.3) is 0 Å². The van der Waals surface area contributed by atoms with Gasteiger partial charge in [-0.1, -0.05) is 21.1 Å². The van der Waals surface area contributed by atoms with Crippen LogP contribution < -0.4 is 4.90 Å². The number of oxime groups is 1. The predicted octanol–water partition coefficient (Wildman–Crippen LogP) is 1.40. The van der Waals surface area contributed by atoms with Gasteiger partial charge in [-0.3, -0.25) is 9.59 Å². The lowest BCUT2D eigenvalue weighted by Crippen LogP contribution is -2.41. The first kappa shape index (κ1) is 14.7. The fourth-order valence-corrected chi connectivity index (χ4v) is 2.75. The molecule has 0 unspecified atom stereocenters. The van der Waals surface area contributed by atoms with Crippen LogP contribution in [-0.4, -0.2) is 36.2 Å². The molecular formula is C14H11BrN2O5. The monoisotopic (exact) mass is 366 g/mol. The van der Waals surface area contributed by atoms with Gasteiger partial charge in [0, 0.05) is 4.47 Å². The Morgan fingerprint density at radius 3 is 2.64 bits per heavy atom. The van der Waals surface area contributed by atoms with E-state index in [1.807, 2.05) is 0 Å². The number of ether oxygens (including phenoxy) is 1. The minimum atomic E-state index is -1.44. The van der Waals surface area contributed by atoms with Crippen LogP contribution in [0.5, 0.6) is 0 Å². The molecule has 22 heavy (non-hydrogen) atoms. The van der Waals surface area contributed by atoms with E-state index >= 15 is 0 Å². The van der Waals surface area contributed by atoms with Crippen molar-refractivity contribution in [1.29, 1.82) is 0 Å². The Kier molecular flexibility index (Phi) is 3.48. The summed E-state index contributed by atoms with van der Waals surface area (Å²) in [5, 5.41) is 3.60. The molecule has 1 atom stereocenters. The summed E-state index contributed by atoms with van der Waals surface area (Å²) in [5.74, 6) is -1.59. The molecule has 2 amide bonds. The molecule has 114 valence electrons. The fourth-order valence-electron chi connectivity index (χ4n) is 2.48. The van der Waals surface area contributed by atoms with E-state index < -0.39 is 23.4 Å². The molecule has 2 aliphatic rings. The predicted molar refractivity (Wildman–Crippen MR) is 79.1 cm³/mol. The van der Waals surface area contributed by atoms with Crippen LogP contribution in [0.1, 0.15) is 12.8 Å². The zero-order valence-corrected chi connectivity index (χ0v) is 13.1.